The van der Waals surface area contributed by atoms with Crippen LogP contribution in [0.3, 0.4) is 0 Å². The number of esters is 1. The minimum atomic E-state index is -0.377. The molecule has 1 aromatic heterocycles. The minimum Gasteiger partial charge on any atom is -0.469 e. The van der Waals surface area contributed by atoms with Crippen molar-refractivity contribution in [1.29, 1.82) is 0 Å². The fourth-order valence-corrected chi connectivity index (χ4v) is 3.87. The average molecular weight is 363 g/mol. The maximum Gasteiger partial charge on any atom is 0.353 e. The number of nitro groups is 1. The zero-order chi connectivity index (χ0) is 18.7. The molecule has 3 heterocycles. The van der Waals surface area contributed by atoms with Crippen LogP contribution in [0.4, 0.5) is 17.3 Å². The van der Waals surface area contributed by atoms with E-state index in [9.17, 15) is 14.9 Å². The van der Waals surface area contributed by atoms with Crippen LogP contribution in [0.15, 0.2) is 6.33 Å². The van der Waals surface area contributed by atoms with Crippen molar-refractivity contribution in [2.24, 2.45) is 5.92 Å². The highest BCUT2D eigenvalue weighted by molar-refractivity contribution is 5.74. The van der Waals surface area contributed by atoms with Crippen molar-refractivity contribution in [2.45, 2.75) is 45.1 Å². The number of piperidine rings is 2. The highest BCUT2D eigenvalue weighted by atomic mass is 16.6. The predicted octanol–water partition coefficient (Wildman–Crippen LogP) is 2.15. The molecule has 0 aliphatic carbocycles. The lowest BCUT2D eigenvalue weighted by atomic mass is 9.97. The molecule has 0 bridgehead atoms. The first-order valence-corrected chi connectivity index (χ1v) is 9.11. The van der Waals surface area contributed by atoms with Crippen LogP contribution in [-0.2, 0) is 9.53 Å². The number of methoxy groups -OCH3 is 1. The lowest BCUT2D eigenvalue weighted by molar-refractivity contribution is -0.383. The fraction of sp³-hybridized carbons (Fsp3) is 0.706. The first kappa shape index (κ1) is 18.3. The largest absolute Gasteiger partial charge is 0.469 e. The number of aromatic nitrogens is 2. The molecule has 2 aliphatic rings. The van der Waals surface area contributed by atoms with Crippen molar-refractivity contribution >= 4 is 23.3 Å². The van der Waals surface area contributed by atoms with Crippen LogP contribution in [0.5, 0.6) is 0 Å². The zero-order valence-corrected chi connectivity index (χ0v) is 15.3. The number of anilines is 2. The van der Waals surface area contributed by atoms with Gasteiger partial charge in [0.1, 0.15) is 6.33 Å². The van der Waals surface area contributed by atoms with Crippen molar-refractivity contribution in [3.63, 3.8) is 0 Å². The molecule has 2 fully saturated rings. The molecule has 142 valence electrons. The number of carbonyl (C=O) groups excluding carboxylic acids is 1. The van der Waals surface area contributed by atoms with Crippen LogP contribution in [-0.4, -0.2) is 53.6 Å². The molecule has 0 spiro atoms. The van der Waals surface area contributed by atoms with E-state index in [4.69, 9.17) is 4.74 Å². The van der Waals surface area contributed by atoms with Gasteiger partial charge in [-0.25, -0.2) is 9.97 Å². The smallest absolute Gasteiger partial charge is 0.353 e. The maximum atomic E-state index is 11.9. The summed E-state index contributed by atoms with van der Waals surface area (Å²) in [7, 11) is 1.38. The van der Waals surface area contributed by atoms with E-state index in [2.05, 4.69) is 16.9 Å². The molecule has 1 unspecified atom stereocenters. The number of nitrogens with zero attached hydrogens (tertiary/aromatic N) is 5. The van der Waals surface area contributed by atoms with E-state index in [1.807, 2.05) is 9.80 Å². The van der Waals surface area contributed by atoms with Crippen LogP contribution in [0.2, 0.25) is 0 Å². The van der Waals surface area contributed by atoms with Crippen LogP contribution >= 0.6 is 0 Å². The summed E-state index contributed by atoms with van der Waals surface area (Å²) in [6.07, 6.45) is 5.74. The molecule has 0 radical (unpaired) electrons. The summed E-state index contributed by atoms with van der Waals surface area (Å²) >= 11 is 0. The molecular formula is C17H25N5O4. The molecule has 0 amide bonds. The molecule has 1 atom stereocenters. The fourth-order valence-electron chi connectivity index (χ4n) is 3.87. The van der Waals surface area contributed by atoms with Gasteiger partial charge in [-0.05, 0) is 39.0 Å². The topological polar surface area (TPSA) is 102 Å². The second-order valence-corrected chi connectivity index (χ2v) is 6.95. The first-order valence-electron chi connectivity index (χ1n) is 9.11. The molecule has 9 nitrogen and oxygen atoms in total. The van der Waals surface area contributed by atoms with Gasteiger partial charge in [0.2, 0.25) is 11.6 Å². The van der Waals surface area contributed by atoms with Crippen molar-refractivity contribution in [2.75, 3.05) is 36.5 Å². The molecule has 9 heteroatoms. The normalized spacial score (nSPS) is 21.5. The van der Waals surface area contributed by atoms with E-state index < -0.39 is 0 Å². The third kappa shape index (κ3) is 3.56. The Morgan fingerprint density at radius 1 is 1.19 bits per heavy atom. The third-order valence-corrected chi connectivity index (χ3v) is 5.37. The predicted molar refractivity (Wildman–Crippen MR) is 96.3 cm³/mol. The van der Waals surface area contributed by atoms with Crippen LogP contribution in [0.1, 0.15) is 39.0 Å². The van der Waals surface area contributed by atoms with Gasteiger partial charge in [-0.3, -0.25) is 14.9 Å². The molecular weight excluding hydrogens is 338 g/mol. The lowest BCUT2D eigenvalue weighted by Crippen LogP contribution is -2.40. The maximum absolute atomic E-state index is 11.9. The standard InChI is InChI=1S/C17H25N5O4/c1-12-5-3-4-8-21(12)16-14(22(24)25)15(18-11-19-16)20-9-6-13(7-10-20)17(23)26-2/h11-13H,3-10H2,1-2H3. The number of hydrogen-bond donors (Lipinski definition) is 0. The monoisotopic (exact) mass is 363 g/mol. The van der Waals surface area contributed by atoms with E-state index in [1.165, 1.54) is 13.4 Å². The minimum absolute atomic E-state index is 0.0298. The summed E-state index contributed by atoms with van der Waals surface area (Å²) in [5.74, 6) is 0.381. The highest BCUT2D eigenvalue weighted by Gasteiger charge is 2.35. The van der Waals surface area contributed by atoms with Gasteiger partial charge in [0, 0.05) is 25.7 Å². The summed E-state index contributed by atoms with van der Waals surface area (Å²) < 4.78 is 4.80. The van der Waals surface area contributed by atoms with Gasteiger partial charge in [-0.2, -0.15) is 0 Å². The van der Waals surface area contributed by atoms with Gasteiger partial charge in [0.05, 0.1) is 18.0 Å². The summed E-state index contributed by atoms with van der Waals surface area (Å²) in [4.78, 5) is 35.6. The summed E-state index contributed by atoms with van der Waals surface area (Å²) in [5, 5.41) is 11.9. The number of hydrogen-bond acceptors (Lipinski definition) is 8. The Bertz CT molecular complexity index is 675. The van der Waals surface area contributed by atoms with Crippen LogP contribution < -0.4 is 9.80 Å². The van der Waals surface area contributed by atoms with Gasteiger partial charge < -0.3 is 14.5 Å². The van der Waals surface area contributed by atoms with E-state index in [1.54, 1.807) is 0 Å². The summed E-state index contributed by atoms with van der Waals surface area (Å²) in [5.41, 5.74) is -0.0298. The Morgan fingerprint density at radius 2 is 1.88 bits per heavy atom. The Morgan fingerprint density at radius 3 is 2.50 bits per heavy atom. The molecule has 1 aromatic rings. The van der Waals surface area contributed by atoms with Gasteiger partial charge in [-0.15, -0.1) is 0 Å². The molecule has 26 heavy (non-hydrogen) atoms. The molecule has 3 rings (SSSR count). The van der Waals surface area contributed by atoms with E-state index in [0.717, 1.165) is 25.8 Å². The highest BCUT2D eigenvalue weighted by Crippen LogP contribution is 2.38. The SMILES string of the molecule is COC(=O)C1CCN(c2ncnc(N3CCCCC3C)c2[N+](=O)[O-])CC1. The Labute approximate surface area is 152 Å². The first-order chi connectivity index (χ1) is 12.5. The van der Waals surface area contributed by atoms with Crippen molar-refractivity contribution in [3.05, 3.63) is 16.4 Å². The second-order valence-electron chi connectivity index (χ2n) is 6.95. The molecule has 0 aromatic carbocycles. The van der Waals surface area contributed by atoms with E-state index in [-0.39, 0.29) is 28.5 Å². The van der Waals surface area contributed by atoms with Gasteiger partial charge in [0.25, 0.3) is 0 Å². The number of ether oxygens (including phenoxy) is 1. The van der Waals surface area contributed by atoms with Gasteiger partial charge in [0.15, 0.2) is 0 Å². The average Bonchev–Trinajstić information content (AvgIpc) is 2.67. The van der Waals surface area contributed by atoms with Crippen molar-refractivity contribution < 1.29 is 14.5 Å². The molecule has 2 aliphatic heterocycles. The van der Waals surface area contributed by atoms with Gasteiger partial charge >= 0.3 is 11.7 Å². The second kappa shape index (κ2) is 7.84. The number of carbonyl (C=O) groups is 1. The zero-order valence-electron chi connectivity index (χ0n) is 15.3. The van der Waals surface area contributed by atoms with E-state index in [0.29, 0.717) is 37.6 Å². The van der Waals surface area contributed by atoms with Crippen molar-refractivity contribution in [1.82, 2.24) is 9.97 Å². The number of rotatable bonds is 4. The quantitative estimate of drug-likeness (QED) is 0.455. The Balaban J connectivity index is 1.87. The Kier molecular flexibility index (Phi) is 5.53. The van der Waals surface area contributed by atoms with Crippen molar-refractivity contribution in [3.8, 4) is 0 Å². The van der Waals surface area contributed by atoms with Crippen LogP contribution in [0.25, 0.3) is 0 Å². The molecule has 0 N–H and O–H groups in total. The summed E-state index contributed by atoms with van der Waals surface area (Å²) in [6.45, 7) is 3.91. The van der Waals surface area contributed by atoms with Crippen LogP contribution in [0, 0.1) is 16.0 Å². The lowest BCUT2D eigenvalue weighted by Gasteiger charge is -2.35. The third-order valence-electron chi connectivity index (χ3n) is 5.37. The molecule has 0 saturated carbocycles. The Hall–Kier alpha value is -2.45. The van der Waals surface area contributed by atoms with E-state index >= 15 is 0 Å². The molecule has 2 saturated heterocycles. The summed E-state index contributed by atoms with van der Waals surface area (Å²) in [6, 6.07) is 0.218. The van der Waals surface area contributed by atoms with Gasteiger partial charge in [-0.1, -0.05) is 0 Å².